The minimum Gasteiger partial charge on any atom is -0.395 e. The van der Waals surface area contributed by atoms with Crippen molar-refractivity contribution in [1.29, 1.82) is 0 Å². The molecular weight excluding hydrogens is 230 g/mol. The predicted molar refractivity (Wildman–Crippen MR) is 72.3 cm³/mol. The third-order valence-corrected chi connectivity index (χ3v) is 3.81. The predicted octanol–water partition coefficient (Wildman–Crippen LogP) is 3.02. The van der Waals surface area contributed by atoms with Gasteiger partial charge in [-0.1, -0.05) is 36.4 Å². The molecule has 0 spiro atoms. The van der Waals surface area contributed by atoms with Gasteiger partial charge in [0.25, 0.3) is 0 Å². The molecule has 0 aliphatic rings. The lowest BCUT2D eigenvalue weighted by Gasteiger charge is -2.04. The highest BCUT2D eigenvalue weighted by molar-refractivity contribution is 7.99. The molecule has 17 heavy (non-hydrogen) atoms. The molecule has 0 radical (unpaired) electrons. The summed E-state index contributed by atoms with van der Waals surface area (Å²) in [6.07, 6.45) is 0.869. The molecule has 2 rings (SSSR count). The van der Waals surface area contributed by atoms with Gasteiger partial charge in [-0.05, 0) is 25.5 Å². The fourth-order valence-corrected chi connectivity index (χ4v) is 2.77. The average Bonchev–Trinajstić information content (AvgIpc) is 2.56. The number of hydrogen-bond acceptors (Lipinski definition) is 3. The zero-order valence-electron chi connectivity index (χ0n) is 10.4. The summed E-state index contributed by atoms with van der Waals surface area (Å²) in [6.45, 7) is 4.16. The van der Waals surface area contributed by atoms with Crippen molar-refractivity contribution in [3.8, 4) is 0 Å². The van der Waals surface area contributed by atoms with Gasteiger partial charge in [0.15, 0.2) is 0 Å². The zero-order valence-corrected chi connectivity index (χ0v) is 11.2. The molecule has 0 saturated heterocycles. The molecule has 2 N–H and O–H groups in total. The number of hydrogen-bond donors (Lipinski definition) is 1. The first kappa shape index (κ1) is 12.0. The lowest BCUT2D eigenvalue weighted by atomic mass is 10.2. The third-order valence-electron chi connectivity index (χ3n) is 2.64. The molecule has 1 aromatic heterocycles. The molecular formula is C13H17N3S. The van der Waals surface area contributed by atoms with Crippen LogP contribution in [0.5, 0.6) is 0 Å². The number of rotatable bonds is 3. The fourth-order valence-electron chi connectivity index (χ4n) is 1.75. The minimum absolute atomic E-state index is 0.807. The molecule has 1 aromatic carbocycles. The number of nitrogens with zero attached hydrogens (tertiary/aromatic N) is 2. The number of anilines is 1. The standard InChI is InChI=1S/C13H17N3S/c1-4-11-12(14)13(16(3)15-11)17-10-7-5-6-9(2)8-10/h5-8H,4,14H2,1-3H3. The number of nitrogen functional groups attached to an aromatic ring is 1. The van der Waals surface area contributed by atoms with Crippen LogP contribution in [0.1, 0.15) is 18.2 Å². The van der Waals surface area contributed by atoms with Gasteiger partial charge < -0.3 is 5.73 Å². The van der Waals surface area contributed by atoms with Crippen LogP contribution in [-0.4, -0.2) is 9.78 Å². The second kappa shape index (κ2) is 4.84. The van der Waals surface area contributed by atoms with Crippen LogP contribution in [0, 0.1) is 6.92 Å². The van der Waals surface area contributed by atoms with Crippen LogP contribution < -0.4 is 5.73 Å². The molecule has 0 atom stereocenters. The van der Waals surface area contributed by atoms with Gasteiger partial charge in [-0.3, -0.25) is 4.68 Å². The van der Waals surface area contributed by atoms with Crippen molar-refractivity contribution in [3.63, 3.8) is 0 Å². The Morgan fingerprint density at radius 1 is 1.41 bits per heavy atom. The molecule has 0 amide bonds. The molecule has 0 aliphatic heterocycles. The Morgan fingerprint density at radius 3 is 2.76 bits per heavy atom. The second-order valence-electron chi connectivity index (χ2n) is 4.06. The van der Waals surface area contributed by atoms with Crippen LogP contribution >= 0.6 is 11.8 Å². The Labute approximate surface area is 106 Å². The number of aromatic nitrogens is 2. The van der Waals surface area contributed by atoms with E-state index in [0.717, 1.165) is 22.8 Å². The smallest absolute Gasteiger partial charge is 0.122 e. The summed E-state index contributed by atoms with van der Waals surface area (Å²) in [5.41, 5.74) is 9.13. The van der Waals surface area contributed by atoms with Crippen LogP contribution in [0.15, 0.2) is 34.2 Å². The maximum atomic E-state index is 6.10. The van der Waals surface area contributed by atoms with E-state index in [1.54, 1.807) is 11.8 Å². The van der Waals surface area contributed by atoms with E-state index in [0.29, 0.717) is 0 Å². The fraction of sp³-hybridized carbons (Fsp3) is 0.308. The first-order valence-corrected chi connectivity index (χ1v) is 6.49. The normalized spacial score (nSPS) is 10.8. The highest BCUT2D eigenvalue weighted by atomic mass is 32.2. The summed E-state index contributed by atoms with van der Waals surface area (Å²) >= 11 is 1.67. The first-order valence-electron chi connectivity index (χ1n) is 5.67. The van der Waals surface area contributed by atoms with Crippen LogP contribution in [0.2, 0.25) is 0 Å². The molecule has 0 saturated carbocycles. The summed E-state index contributed by atoms with van der Waals surface area (Å²) in [6, 6.07) is 8.40. The van der Waals surface area contributed by atoms with Gasteiger partial charge in [-0.25, -0.2) is 0 Å². The summed E-state index contributed by atoms with van der Waals surface area (Å²) < 4.78 is 1.86. The molecule has 0 fully saturated rings. The molecule has 4 heteroatoms. The van der Waals surface area contributed by atoms with Crippen LogP contribution in [0.3, 0.4) is 0 Å². The Hall–Kier alpha value is -1.42. The van der Waals surface area contributed by atoms with Crippen molar-refractivity contribution in [3.05, 3.63) is 35.5 Å². The SMILES string of the molecule is CCc1nn(C)c(Sc2cccc(C)c2)c1N. The van der Waals surface area contributed by atoms with Crippen molar-refractivity contribution < 1.29 is 0 Å². The Kier molecular flexibility index (Phi) is 3.43. The van der Waals surface area contributed by atoms with Crippen LogP contribution in [0.4, 0.5) is 5.69 Å². The van der Waals surface area contributed by atoms with E-state index in [4.69, 9.17) is 5.73 Å². The van der Waals surface area contributed by atoms with E-state index in [9.17, 15) is 0 Å². The monoisotopic (exact) mass is 247 g/mol. The van der Waals surface area contributed by atoms with E-state index in [1.165, 1.54) is 10.5 Å². The maximum absolute atomic E-state index is 6.10. The third kappa shape index (κ3) is 2.47. The van der Waals surface area contributed by atoms with E-state index in [1.807, 2.05) is 11.7 Å². The molecule has 3 nitrogen and oxygen atoms in total. The molecule has 1 heterocycles. The number of benzene rings is 1. The largest absolute Gasteiger partial charge is 0.395 e. The highest BCUT2D eigenvalue weighted by Gasteiger charge is 2.12. The molecule has 0 unspecified atom stereocenters. The zero-order chi connectivity index (χ0) is 12.4. The van der Waals surface area contributed by atoms with Crippen molar-refractivity contribution in [2.24, 2.45) is 7.05 Å². The summed E-state index contributed by atoms with van der Waals surface area (Å²) in [5.74, 6) is 0. The Bertz CT molecular complexity index is 531. The van der Waals surface area contributed by atoms with Gasteiger partial charge in [0, 0.05) is 11.9 Å². The number of aryl methyl sites for hydroxylation is 3. The lowest BCUT2D eigenvalue weighted by molar-refractivity contribution is 0.687. The molecule has 90 valence electrons. The highest BCUT2D eigenvalue weighted by Crippen LogP contribution is 2.33. The van der Waals surface area contributed by atoms with Crippen molar-refractivity contribution >= 4 is 17.4 Å². The molecule has 0 aliphatic carbocycles. The average molecular weight is 247 g/mol. The Morgan fingerprint density at radius 2 is 2.18 bits per heavy atom. The molecule has 0 bridgehead atoms. The summed E-state index contributed by atoms with van der Waals surface area (Å²) in [5, 5.41) is 5.44. The van der Waals surface area contributed by atoms with Gasteiger partial charge in [-0.15, -0.1) is 0 Å². The van der Waals surface area contributed by atoms with Crippen LogP contribution in [0.25, 0.3) is 0 Å². The molecule has 2 aromatic rings. The number of nitrogens with two attached hydrogens (primary N) is 1. The van der Waals surface area contributed by atoms with Gasteiger partial charge in [0.05, 0.1) is 11.4 Å². The summed E-state index contributed by atoms with van der Waals surface area (Å²) in [7, 11) is 1.94. The van der Waals surface area contributed by atoms with Gasteiger partial charge in [-0.2, -0.15) is 5.10 Å². The van der Waals surface area contributed by atoms with E-state index in [2.05, 4.69) is 43.2 Å². The summed E-state index contributed by atoms with van der Waals surface area (Å²) in [4.78, 5) is 1.20. The lowest BCUT2D eigenvalue weighted by Crippen LogP contribution is -1.93. The van der Waals surface area contributed by atoms with Crippen molar-refractivity contribution in [1.82, 2.24) is 9.78 Å². The maximum Gasteiger partial charge on any atom is 0.122 e. The Balaban J connectivity index is 2.33. The quantitative estimate of drug-likeness (QED) is 0.906. The van der Waals surface area contributed by atoms with E-state index >= 15 is 0 Å². The van der Waals surface area contributed by atoms with Crippen molar-refractivity contribution in [2.45, 2.75) is 30.2 Å². The topological polar surface area (TPSA) is 43.8 Å². The van der Waals surface area contributed by atoms with E-state index < -0.39 is 0 Å². The van der Waals surface area contributed by atoms with E-state index in [-0.39, 0.29) is 0 Å². The van der Waals surface area contributed by atoms with Crippen molar-refractivity contribution in [2.75, 3.05) is 5.73 Å². The van der Waals surface area contributed by atoms with Gasteiger partial charge >= 0.3 is 0 Å². The van der Waals surface area contributed by atoms with Gasteiger partial charge in [0.2, 0.25) is 0 Å². The minimum atomic E-state index is 0.807. The van der Waals surface area contributed by atoms with Gasteiger partial charge in [0.1, 0.15) is 5.03 Å². The second-order valence-corrected chi connectivity index (χ2v) is 5.12. The first-order chi connectivity index (χ1) is 8.11. The van der Waals surface area contributed by atoms with Crippen LogP contribution in [-0.2, 0) is 13.5 Å².